The molecule has 2 saturated carbocycles. The molecule has 10 nitrogen and oxygen atoms in total. The van der Waals surface area contributed by atoms with Crippen LogP contribution in [-0.4, -0.2) is 42.7 Å². The lowest BCUT2D eigenvalue weighted by Gasteiger charge is -2.24. The lowest BCUT2D eigenvalue weighted by molar-refractivity contribution is -0.353. The highest BCUT2D eigenvalue weighted by atomic mass is 32.2. The Labute approximate surface area is 226 Å². The Bertz CT molecular complexity index is 1540. The van der Waals surface area contributed by atoms with Crippen molar-refractivity contribution < 1.29 is 27.7 Å². The van der Waals surface area contributed by atoms with Crippen molar-refractivity contribution in [3.8, 4) is 0 Å². The van der Waals surface area contributed by atoms with Crippen molar-refractivity contribution in [2.75, 3.05) is 18.2 Å². The molecule has 0 saturated heterocycles. The number of carbonyl (C=O) groups is 2. The molecule has 2 fully saturated rings. The van der Waals surface area contributed by atoms with Gasteiger partial charge in [-0.15, -0.1) is 0 Å². The molecule has 11 heteroatoms. The van der Waals surface area contributed by atoms with Gasteiger partial charge in [0.2, 0.25) is 6.33 Å². The van der Waals surface area contributed by atoms with Gasteiger partial charge in [-0.2, -0.15) is 4.57 Å². The molecule has 206 valence electrons. The Hall–Kier alpha value is -3.60. The summed E-state index contributed by atoms with van der Waals surface area (Å²) >= 11 is 0. The van der Waals surface area contributed by atoms with Crippen molar-refractivity contribution in [3.63, 3.8) is 0 Å². The van der Waals surface area contributed by atoms with E-state index in [4.69, 9.17) is 4.74 Å². The largest absolute Gasteiger partial charge is 0.465 e. The number of H-pyrrole nitrogens is 1. The minimum absolute atomic E-state index is 0.119. The Morgan fingerprint density at radius 2 is 1.87 bits per heavy atom. The van der Waals surface area contributed by atoms with Crippen molar-refractivity contribution in [1.29, 1.82) is 0 Å². The molecule has 2 N–H and O–H groups in total. The minimum Gasteiger partial charge on any atom is -0.465 e. The van der Waals surface area contributed by atoms with E-state index in [1.165, 1.54) is 61.0 Å². The molecule has 0 radical (unpaired) electrons. The second-order valence-corrected chi connectivity index (χ2v) is 12.6. The topological polar surface area (TPSA) is 139 Å². The van der Waals surface area contributed by atoms with Crippen LogP contribution in [0.1, 0.15) is 67.8 Å². The summed E-state index contributed by atoms with van der Waals surface area (Å²) in [6.07, 6.45) is 10.5. The standard InChI is InChI=1S/C28H32N4O6S/c1-38-28(35)20-9-12-25(29-15-20)31-26(33)24(13-18-5-3-2-4-6-18)32-17-30-23-14-21(10-11-22(23)27(32)34)39(36,37)16-19-7-8-19/h9-12,14-15,17-19,24H,2-8,13,16H2,1H3,(H,29,31,33)/p+1. The number of hydrogen-bond acceptors (Lipinski definition) is 7. The van der Waals surface area contributed by atoms with Gasteiger partial charge in [0.15, 0.2) is 15.9 Å². The molecule has 0 bridgehead atoms. The van der Waals surface area contributed by atoms with Gasteiger partial charge >= 0.3 is 11.5 Å². The van der Waals surface area contributed by atoms with Crippen molar-refractivity contribution in [3.05, 3.63) is 58.8 Å². The van der Waals surface area contributed by atoms with E-state index in [1.807, 2.05) is 0 Å². The zero-order chi connectivity index (χ0) is 27.6. The van der Waals surface area contributed by atoms with Crippen molar-refractivity contribution >= 4 is 38.4 Å². The summed E-state index contributed by atoms with van der Waals surface area (Å²) in [5.74, 6) is -0.0395. The van der Waals surface area contributed by atoms with Crippen LogP contribution in [0.3, 0.4) is 0 Å². The fraction of sp³-hybridized carbons (Fsp3) is 0.464. The van der Waals surface area contributed by atoms with Gasteiger partial charge in [-0.3, -0.25) is 4.79 Å². The zero-order valence-corrected chi connectivity index (χ0v) is 22.7. The number of sulfone groups is 1. The maximum absolute atomic E-state index is 13.6. The number of fused-ring (bicyclic) bond motifs is 1. The average Bonchev–Trinajstić information content (AvgIpc) is 3.76. The highest BCUT2D eigenvalue weighted by molar-refractivity contribution is 7.91. The summed E-state index contributed by atoms with van der Waals surface area (Å²) in [5, 5.41) is 3.10. The molecule has 2 aromatic heterocycles. The Morgan fingerprint density at radius 3 is 2.54 bits per heavy atom. The first-order chi connectivity index (χ1) is 18.7. The van der Waals surface area contributed by atoms with Crippen LogP contribution in [0.2, 0.25) is 0 Å². The summed E-state index contributed by atoms with van der Waals surface area (Å²) in [4.78, 5) is 46.3. The van der Waals surface area contributed by atoms with E-state index in [0.717, 1.165) is 38.5 Å². The first-order valence-corrected chi connectivity index (χ1v) is 15.0. The monoisotopic (exact) mass is 553 g/mol. The van der Waals surface area contributed by atoms with Crippen LogP contribution >= 0.6 is 0 Å². The van der Waals surface area contributed by atoms with Crippen LogP contribution in [0.5, 0.6) is 0 Å². The molecule has 0 spiro atoms. The average molecular weight is 554 g/mol. The van der Waals surface area contributed by atoms with Crippen LogP contribution < -0.4 is 15.9 Å². The number of methoxy groups -OCH3 is 1. The van der Waals surface area contributed by atoms with Crippen LogP contribution in [0, 0.1) is 11.8 Å². The number of rotatable bonds is 9. The fourth-order valence-electron chi connectivity index (χ4n) is 5.28. The van der Waals surface area contributed by atoms with Gasteiger partial charge in [0.1, 0.15) is 16.7 Å². The number of benzene rings is 1. The molecule has 0 aliphatic heterocycles. The van der Waals surface area contributed by atoms with E-state index in [2.05, 4.69) is 15.3 Å². The van der Waals surface area contributed by atoms with Gasteiger partial charge in [-0.1, -0.05) is 32.1 Å². The summed E-state index contributed by atoms with van der Waals surface area (Å²) in [5.41, 5.74) is 0.290. The third-order valence-electron chi connectivity index (χ3n) is 7.68. The molecule has 5 rings (SSSR count). The normalized spacial score (nSPS) is 17.1. The number of nitrogens with zero attached hydrogens (tertiary/aromatic N) is 2. The molecular formula is C28H33N4O6S+. The van der Waals surface area contributed by atoms with Crippen molar-refractivity contribution in [2.24, 2.45) is 11.8 Å². The highest BCUT2D eigenvalue weighted by Crippen LogP contribution is 2.33. The third kappa shape index (κ3) is 6.19. The van der Waals surface area contributed by atoms with E-state index in [9.17, 15) is 22.8 Å². The second kappa shape index (κ2) is 11.3. The first kappa shape index (κ1) is 27.0. The van der Waals surface area contributed by atoms with Gasteiger partial charge < -0.3 is 10.1 Å². The number of ether oxygens (including phenoxy) is 1. The van der Waals surface area contributed by atoms with Crippen molar-refractivity contribution in [2.45, 2.75) is 62.3 Å². The van der Waals surface area contributed by atoms with E-state index in [-0.39, 0.29) is 33.5 Å². The van der Waals surface area contributed by atoms with Gasteiger partial charge in [-0.25, -0.2) is 28.0 Å². The molecule has 1 aromatic carbocycles. The molecule has 1 amide bonds. The predicted octanol–water partition coefficient (Wildman–Crippen LogP) is 3.33. The molecule has 3 aromatic rings. The Kier molecular flexibility index (Phi) is 7.79. The third-order valence-corrected chi connectivity index (χ3v) is 9.56. The minimum atomic E-state index is -3.43. The number of aromatic nitrogens is 3. The maximum atomic E-state index is 13.6. The molecule has 2 aliphatic rings. The van der Waals surface area contributed by atoms with E-state index < -0.39 is 27.8 Å². The lowest BCUT2D eigenvalue weighted by atomic mass is 9.84. The predicted molar refractivity (Wildman–Crippen MR) is 144 cm³/mol. The summed E-state index contributed by atoms with van der Waals surface area (Å²) < 4.78 is 31.6. The second-order valence-electron chi connectivity index (χ2n) is 10.6. The van der Waals surface area contributed by atoms with Crippen LogP contribution in [0.15, 0.2) is 52.5 Å². The highest BCUT2D eigenvalue weighted by Gasteiger charge is 2.33. The van der Waals surface area contributed by atoms with E-state index in [0.29, 0.717) is 23.2 Å². The summed E-state index contributed by atoms with van der Waals surface area (Å²) in [7, 11) is -2.16. The van der Waals surface area contributed by atoms with Crippen molar-refractivity contribution in [1.82, 2.24) is 9.55 Å². The fourth-order valence-corrected chi connectivity index (χ4v) is 7.00. The summed E-state index contributed by atoms with van der Waals surface area (Å²) in [6, 6.07) is 6.72. The quantitative estimate of drug-likeness (QED) is 0.401. The molecule has 2 heterocycles. The van der Waals surface area contributed by atoms with Gasteiger partial charge in [0, 0.05) is 18.7 Å². The number of hydrogen-bond donors (Lipinski definition) is 1. The molecule has 1 unspecified atom stereocenters. The van der Waals surface area contributed by atoms with Gasteiger partial charge in [0.05, 0.1) is 23.3 Å². The SMILES string of the molecule is COC(=O)c1ccc(NC(=O)C(CC2CCCCC2)n2c[nH+]c3cc(S(=O)(=O)CC4CC4)ccc3c2=O)nc1. The molecular weight excluding hydrogens is 520 g/mol. The number of nitrogens with one attached hydrogen (secondary N) is 2. The molecule has 39 heavy (non-hydrogen) atoms. The number of anilines is 1. The molecule has 1 atom stereocenters. The van der Waals surface area contributed by atoms with Crippen LogP contribution in [0.25, 0.3) is 10.9 Å². The Balaban J connectivity index is 1.45. The number of carbonyl (C=O) groups excluding carboxylic acids is 2. The number of esters is 1. The smallest absolute Gasteiger partial charge is 0.345 e. The summed E-state index contributed by atoms with van der Waals surface area (Å²) in [6.45, 7) is 0. The Morgan fingerprint density at radius 1 is 1.10 bits per heavy atom. The first-order valence-electron chi connectivity index (χ1n) is 13.4. The van der Waals surface area contributed by atoms with Gasteiger partial charge in [-0.05, 0) is 48.9 Å². The number of aromatic amines is 1. The number of pyridine rings is 1. The molecule has 2 aliphatic carbocycles. The van der Waals surface area contributed by atoms with Gasteiger partial charge in [0.25, 0.3) is 5.91 Å². The van der Waals surface area contributed by atoms with Crippen LogP contribution in [0.4, 0.5) is 5.82 Å². The van der Waals surface area contributed by atoms with E-state index in [1.54, 1.807) is 0 Å². The van der Waals surface area contributed by atoms with E-state index >= 15 is 0 Å². The lowest BCUT2D eigenvalue weighted by Crippen LogP contribution is -2.37. The maximum Gasteiger partial charge on any atom is 0.345 e. The zero-order valence-electron chi connectivity index (χ0n) is 21.9. The van der Waals surface area contributed by atoms with Crippen LogP contribution in [-0.2, 0) is 19.4 Å². The number of amides is 1.